The van der Waals surface area contributed by atoms with Crippen molar-refractivity contribution in [2.45, 2.75) is 45.6 Å². The van der Waals surface area contributed by atoms with E-state index in [-0.39, 0.29) is 0 Å². The Morgan fingerprint density at radius 1 is 1.00 bits per heavy atom. The highest BCUT2D eigenvalue weighted by atomic mass is 15.0. The molecule has 1 N–H and O–H groups in total. The second-order valence-electron chi connectivity index (χ2n) is 8.60. The highest BCUT2D eigenvalue weighted by Gasteiger charge is 2.55. The number of hydrogen-bond donors (Lipinski definition) is 1. The van der Waals surface area contributed by atoms with E-state index in [9.17, 15) is 0 Å². The van der Waals surface area contributed by atoms with Crippen LogP contribution in [-0.4, -0.2) is 6.04 Å². The summed E-state index contributed by atoms with van der Waals surface area (Å²) in [6.45, 7) is 5.07. The fourth-order valence-electron chi connectivity index (χ4n) is 6.18. The molecule has 0 spiro atoms. The van der Waals surface area contributed by atoms with Gasteiger partial charge in [-0.1, -0.05) is 50.3 Å². The van der Waals surface area contributed by atoms with Gasteiger partial charge in [-0.25, -0.2) is 0 Å². The normalized spacial score (nSPS) is 46.8. The van der Waals surface area contributed by atoms with Gasteiger partial charge in [-0.05, 0) is 60.3 Å². The Morgan fingerprint density at radius 2 is 1.82 bits per heavy atom. The standard InChI is InChI=1S/C21H27N/c1-21(2)17-9-5-3-7-13(17)15-12-20-16(11-18(15)21)14-8-4-6-10-19(14)22-20/h3,6-7,10-15,17-19,22H,4-5,8-9H2,1-2H3/t13?,14?,15?,17?,18?,19-/m1/s1. The molecule has 0 amide bonds. The fraction of sp³-hybridized carbons (Fsp3) is 0.619. The molecular weight excluding hydrogens is 266 g/mol. The van der Waals surface area contributed by atoms with Crippen molar-refractivity contribution in [1.82, 2.24) is 5.32 Å². The van der Waals surface area contributed by atoms with E-state index in [2.05, 4.69) is 55.6 Å². The van der Waals surface area contributed by atoms with Crippen molar-refractivity contribution in [2.75, 3.05) is 0 Å². The summed E-state index contributed by atoms with van der Waals surface area (Å²) >= 11 is 0. The van der Waals surface area contributed by atoms with Gasteiger partial charge in [-0.15, -0.1) is 0 Å². The molecule has 1 saturated heterocycles. The average Bonchev–Trinajstić information content (AvgIpc) is 3.00. The van der Waals surface area contributed by atoms with Crippen LogP contribution in [0.25, 0.3) is 0 Å². The molecule has 0 aromatic heterocycles. The molecule has 0 bridgehead atoms. The van der Waals surface area contributed by atoms with Crippen LogP contribution >= 0.6 is 0 Å². The lowest BCUT2D eigenvalue weighted by Gasteiger charge is -2.35. The van der Waals surface area contributed by atoms with Crippen LogP contribution in [0.4, 0.5) is 0 Å². The summed E-state index contributed by atoms with van der Waals surface area (Å²) < 4.78 is 0. The number of hydrogen-bond acceptors (Lipinski definition) is 1. The molecule has 1 nitrogen and oxygen atoms in total. The van der Waals surface area contributed by atoms with Crippen LogP contribution in [0.1, 0.15) is 39.5 Å². The SMILES string of the molecule is CC1(C)C2C=C3C(=CC2C2C=CCCC21)N[C@@H]1C=CCCC31. The van der Waals surface area contributed by atoms with Gasteiger partial charge in [0.1, 0.15) is 0 Å². The van der Waals surface area contributed by atoms with Gasteiger partial charge in [0.15, 0.2) is 0 Å². The Kier molecular flexibility index (Phi) is 2.64. The van der Waals surface area contributed by atoms with Gasteiger partial charge < -0.3 is 5.32 Å². The Balaban J connectivity index is 1.58. The monoisotopic (exact) mass is 293 g/mol. The highest BCUT2D eigenvalue weighted by Crippen LogP contribution is 2.61. The lowest BCUT2D eigenvalue weighted by molar-refractivity contribution is 0.185. The van der Waals surface area contributed by atoms with Crippen molar-refractivity contribution in [2.24, 2.45) is 35.0 Å². The van der Waals surface area contributed by atoms with E-state index < -0.39 is 0 Å². The lowest BCUT2D eigenvalue weighted by atomic mass is 9.69. The number of nitrogens with one attached hydrogen (secondary N) is 1. The van der Waals surface area contributed by atoms with Crippen LogP contribution in [0, 0.1) is 35.0 Å². The molecule has 0 radical (unpaired) electrons. The van der Waals surface area contributed by atoms with Gasteiger partial charge in [0.2, 0.25) is 0 Å². The van der Waals surface area contributed by atoms with E-state index >= 15 is 0 Å². The van der Waals surface area contributed by atoms with Gasteiger partial charge >= 0.3 is 0 Å². The van der Waals surface area contributed by atoms with Gasteiger partial charge in [-0.3, -0.25) is 0 Å². The molecule has 2 fully saturated rings. The van der Waals surface area contributed by atoms with E-state index in [1.165, 1.54) is 31.4 Å². The molecule has 5 rings (SSSR count). The molecule has 22 heavy (non-hydrogen) atoms. The van der Waals surface area contributed by atoms with Gasteiger partial charge in [0.05, 0.1) is 6.04 Å². The quantitative estimate of drug-likeness (QED) is 0.643. The molecule has 116 valence electrons. The minimum Gasteiger partial charge on any atom is -0.378 e. The Bertz CT molecular complexity index is 618. The Hall–Kier alpha value is -1.24. The molecule has 6 atom stereocenters. The van der Waals surface area contributed by atoms with Gasteiger partial charge in [-0.2, -0.15) is 0 Å². The van der Waals surface area contributed by atoms with E-state index in [1.54, 1.807) is 5.57 Å². The van der Waals surface area contributed by atoms with Crippen molar-refractivity contribution in [3.05, 3.63) is 47.7 Å². The topological polar surface area (TPSA) is 12.0 Å². The predicted octanol–water partition coefficient (Wildman–Crippen LogP) is 4.60. The Labute approximate surface area is 134 Å². The third kappa shape index (κ3) is 1.60. The van der Waals surface area contributed by atoms with E-state index in [0.717, 1.165) is 23.7 Å². The average molecular weight is 293 g/mol. The maximum absolute atomic E-state index is 3.81. The summed E-state index contributed by atoms with van der Waals surface area (Å²) in [6, 6.07) is 0.561. The van der Waals surface area contributed by atoms with Crippen molar-refractivity contribution in [1.29, 1.82) is 0 Å². The van der Waals surface area contributed by atoms with Crippen molar-refractivity contribution >= 4 is 0 Å². The van der Waals surface area contributed by atoms with Crippen LogP contribution in [0.2, 0.25) is 0 Å². The zero-order valence-corrected chi connectivity index (χ0v) is 13.8. The van der Waals surface area contributed by atoms with Crippen LogP contribution in [-0.2, 0) is 0 Å². The first-order valence-corrected chi connectivity index (χ1v) is 9.20. The van der Waals surface area contributed by atoms with Crippen LogP contribution in [0.5, 0.6) is 0 Å². The van der Waals surface area contributed by atoms with E-state index in [4.69, 9.17) is 0 Å². The first-order chi connectivity index (χ1) is 10.7. The van der Waals surface area contributed by atoms with Crippen LogP contribution in [0.15, 0.2) is 47.7 Å². The molecule has 0 aromatic rings. The first kappa shape index (κ1) is 13.2. The van der Waals surface area contributed by atoms with Gasteiger partial charge in [0.25, 0.3) is 0 Å². The summed E-state index contributed by atoms with van der Waals surface area (Å²) in [6.07, 6.45) is 20.3. The summed E-state index contributed by atoms with van der Waals surface area (Å²) in [7, 11) is 0. The third-order valence-electron chi connectivity index (χ3n) is 7.31. The lowest BCUT2D eigenvalue weighted by Crippen LogP contribution is -2.28. The maximum atomic E-state index is 3.81. The molecule has 1 saturated carbocycles. The minimum absolute atomic E-state index is 0.442. The summed E-state index contributed by atoms with van der Waals surface area (Å²) in [5.41, 5.74) is 3.56. The van der Waals surface area contributed by atoms with Crippen molar-refractivity contribution in [3.63, 3.8) is 0 Å². The first-order valence-electron chi connectivity index (χ1n) is 9.20. The van der Waals surface area contributed by atoms with E-state index in [1.807, 2.05) is 0 Å². The molecular formula is C21H27N. The zero-order chi connectivity index (χ0) is 14.9. The number of allylic oxidation sites excluding steroid dienone is 6. The molecule has 1 heteroatoms. The number of rotatable bonds is 0. The minimum atomic E-state index is 0.442. The van der Waals surface area contributed by atoms with E-state index in [0.29, 0.717) is 17.4 Å². The van der Waals surface area contributed by atoms with Crippen LogP contribution in [0.3, 0.4) is 0 Å². The highest BCUT2D eigenvalue weighted by molar-refractivity contribution is 5.46. The van der Waals surface area contributed by atoms with Crippen molar-refractivity contribution in [3.8, 4) is 0 Å². The third-order valence-corrected chi connectivity index (χ3v) is 7.31. The fourth-order valence-corrected chi connectivity index (χ4v) is 6.18. The second-order valence-corrected chi connectivity index (χ2v) is 8.60. The summed E-state index contributed by atoms with van der Waals surface area (Å²) in [5.74, 6) is 3.80. The molecule has 0 aromatic carbocycles. The largest absolute Gasteiger partial charge is 0.378 e. The zero-order valence-electron chi connectivity index (χ0n) is 13.8. The maximum Gasteiger partial charge on any atom is 0.0513 e. The van der Waals surface area contributed by atoms with Crippen molar-refractivity contribution < 1.29 is 0 Å². The summed E-state index contributed by atoms with van der Waals surface area (Å²) in [5, 5.41) is 3.81. The van der Waals surface area contributed by atoms with Crippen LogP contribution < -0.4 is 5.32 Å². The molecule has 5 aliphatic rings. The molecule has 1 heterocycles. The molecule has 4 aliphatic carbocycles. The predicted molar refractivity (Wildman–Crippen MR) is 91.1 cm³/mol. The smallest absolute Gasteiger partial charge is 0.0513 e. The van der Waals surface area contributed by atoms with Gasteiger partial charge in [0, 0.05) is 11.6 Å². The molecule has 5 unspecified atom stereocenters. The summed E-state index contributed by atoms with van der Waals surface area (Å²) in [4.78, 5) is 0. The second kappa shape index (κ2) is 4.40. The molecule has 1 aliphatic heterocycles. The Morgan fingerprint density at radius 3 is 2.73 bits per heavy atom. The number of fused-ring (bicyclic) bond motifs is 6.